The molecule has 1 aromatic carbocycles. The first-order chi connectivity index (χ1) is 11.4. The zero-order valence-electron chi connectivity index (χ0n) is 14.2. The maximum Gasteiger partial charge on any atom is 0.238 e. The van der Waals surface area contributed by atoms with Crippen LogP contribution >= 0.6 is 11.8 Å². The molecule has 0 saturated heterocycles. The second-order valence-corrected chi connectivity index (χ2v) is 6.83. The number of methoxy groups -OCH3 is 1. The number of ether oxygens (including phenoxy) is 1. The normalized spacial score (nSPS) is 12.0. The summed E-state index contributed by atoms with van der Waals surface area (Å²) in [6.45, 7) is 5.83. The van der Waals surface area contributed by atoms with Crippen molar-refractivity contribution in [2.24, 2.45) is 5.92 Å². The van der Waals surface area contributed by atoms with Gasteiger partial charge in [0.05, 0.1) is 12.4 Å². The largest absolute Gasteiger partial charge is 0.497 e. The second-order valence-electron chi connectivity index (χ2n) is 5.72. The van der Waals surface area contributed by atoms with Gasteiger partial charge >= 0.3 is 0 Å². The molecule has 0 radical (unpaired) electrons. The van der Waals surface area contributed by atoms with E-state index in [4.69, 9.17) is 10.5 Å². The van der Waals surface area contributed by atoms with Gasteiger partial charge in [0.25, 0.3) is 0 Å². The molecule has 1 heterocycles. The lowest BCUT2D eigenvalue weighted by Crippen LogP contribution is -2.29. The number of hydrogen-bond acceptors (Lipinski definition) is 6. The number of rotatable bonds is 6. The predicted molar refractivity (Wildman–Crippen MR) is 97.3 cm³/mol. The predicted octanol–water partition coefficient (Wildman–Crippen LogP) is 3.13. The number of nitrogen functional groups attached to an aromatic ring is 1. The Kier molecular flexibility index (Phi) is 6.03. The number of aryl methyl sites for hydroxylation is 1. The highest BCUT2D eigenvalue weighted by Gasteiger charge is 2.25. The van der Waals surface area contributed by atoms with E-state index in [1.165, 1.54) is 11.8 Å². The maximum atomic E-state index is 12.6. The molecule has 1 amide bonds. The van der Waals surface area contributed by atoms with Crippen LogP contribution in [0.2, 0.25) is 0 Å². The average Bonchev–Trinajstić information content (AvgIpc) is 2.52. The zero-order chi connectivity index (χ0) is 17.7. The summed E-state index contributed by atoms with van der Waals surface area (Å²) in [5.74, 6) is 1.16. The van der Waals surface area contributed by atoms with Crippen LogP contribution in [0.3, 0.4) is 0 Å². The van der Waals surface area contributed by atoms with E-state index in [-0.39, 0.29) is 17.1 Å². The number of benzene rings is 1. The van der Waals surface area contributed by atoms with Gasteiger partial charge in [-0.25, -0.2) is 9.97 Å². The third-order valence-corrected chi connectivity index (χ3v) is 4.71. The summed E-state index contributed by atoms with van der Waals surface area (Å²) in [4.78, 5) is 21.2. The fraction of sp³-hybridized carbons (Fsp3) is 0.353. The minimum absolute atomic E-state index is 0.0937. The maximum absolute atomic E-state index is 12.6. The van der Waals surface area contributed by atoms with Gasteiger partial charge < -0.3 is 15.8 Å². The number of aromatic nitrogens is 2. The Morgan fingerprint density at radius 1 is 1.25 bits per heavy atom. The van der Waals surface area contributed by atoms with Gasteiger partial charge in [-0.1, -0.05) is 25.6 Å². The summed E-state index contributed by atoms with van der Waals surface area (Å²) < 4.78 is 5.12. The lowest BCUT2D eigenvalue weighted by molar-refractivity contribution is -0.116. The van der Waals surface area contributed by atoms with Gasteiger partial charge in [0.2, 0.25) is 5.91 Å². The highest BCUT2D eigenvalue weighted by Crippen LogP contribution is 2.28. The molecular weight excluding hydrogens is 324 g/mol. The van der Waals surface area contributed by atoms with E-state index in [9.17, 15) is 4.79 Å². The molecular formula is C17H22N4O2S. The van der Waals surface area contributed by atoms with Gasteiger partial charge in [0, 0.05) is 17.4 Å². The summed E-state index contributed by atoms with van der Waals surface area (Å²) in [5, 5.41) is 3.11. The van der Waals surface area contributed by atoms with Gasteiger partial charge in [-0.05, 0) is 37.1 Å². The fourth-order valence-electron chi connectivity index (χ4n) is 2.11. The third kappa shape index (κ3) is 4.86. The molecule has 0 spiro atoms. The Hall–Kier alpha value is -2.28. The minimum Gasteiger partial charge on any atom is -0.497 e. The van der Waals surface area contributed by atoms with Gasteiger partial charge in [-0.2, -0.15) is 0 Å². The van der Waals surface area contributed by atoms with Crippen molar-refractivity contribution < 1.29 is 9.53 Å². The Labute approximate surface area is 146 Å². The molecule has 0 bridgehead atoms. The van der Waals surface area contributed by atoms with Crippen molar-refractivity contribution in [1.82, 2.24) is 9.97 Å². The van der Waals surface area contributed by atoms with Crippen molar-refractivity contribution in [2.45, 2.75) is 31.2 Å². The van der Waals surface area contributed by atoms with Crippen molar-refractivity contribution in [3.63, 3.8) is 0 Å². The molecule has 3 N–H and O–H groups in total. The number of thioether (sulfide) groups is 1. The molecule has 7 heteroatoms. The van der Waals surface area contributed by atoms with Crippen molar-refractivity contribution >= 4 is 29.2 Å². The molecule has 1 atom stereocenters. The van der Waals surface area contributed by atoms with Crippen molar-refractivity contribution in [3.05, 3.63) is 36.0 Å². The first-order valence-electron chi connectivity index (χ1n) is 7.61. The molecule has 24 heavy (non-hydrogen) atoms. The van der Waals surface area contributed by atoms with E-state index in [2.05, 4.69) is 15.3 Å². The van der Waals surface area contributed by atoms with Gasteiger partial charge in [-0.15, -0.1) is 0 Å². The lowest BCUT2D eigenvalue weighted by Gasteiger charge is -2.19. The Bertz CT molecular complexity index is 684. The summed E-state index contributed by atoms with van der Waals surface area (Å²) in [5.41, 5.74) is 7.26. The monoisotopic (exact) mass is 346 g/mol. The van der Waals surface area contributed by atoms with Crippen LogP contribution in [0.5, 0.6) is 5.75 Å². The van der Waals surface area contributed by atoms with Crippen molar-refractivity contribution in [1.29, 1.82) is 0 Å². The molecule has 0 aliphatic heterocycles. The highest BCUT2D eigenvalue weighted by atomic mass is 32.2. The van der Waals surface area contributed by atoms with Crippen LogP contribution in [0.25, 0.3) is 0 Å². The second kappa shape index (κ2) is 8.01. The number of nitrogens with one attached hydrogen (secondary N) is 1. The van der Waals surface area contributed by atoms with E-state index >= 15 is 0 Å². The SMILES string of the molecule is COc1ccc(NC(=O)C(Sc2nc(C)cc(N)n2)C(C)C)cc1. The molecule has 0 saturated carbocycles. The van der Waals surface area contributed by atoms with Gasteiger partial charge in [0.15, 0.2) is 5.16 Å². The fourth-order valence-corrected chi connectivity index (χ4v) is 3.13. The van der Waals surface area contributed by atoms with Crippen LogP contribution in [0.15, 0.2) is 35.5 Å². The number of nitrogens with two attached hydrogens (primary N) is 1. The highest BCUT2D eigenvalue weighted by molar-refractivity contribution is 8.00. The molecule has 0 aliphatic rings. The molecule has 0 fully saturated rings. The first-order valence-corrected chi connectivity index (χ1v) is 8.49. The van der Waals surface area contributed by atoms with Crippen LogP contribution in [0, 0.1) is 12.8 Å². The number of carbonyl (C=O) groups excluding carboxylic acids is 1. The third-order valence-electron chi connectivity index (χ3n) is 3.31. The van der Waals surface area contributed by atoms with Crippen LogP contribution in [-0.4, -0.2) is 28.2 Å². The van der Waals surface area contributed by atoms with Gasteiger partial charge in [-0.3, -0.25) is 4.79 Å². The molecule has 0 aliphatic carbocycles. The quantitative estimate of drug-likeness (QED) is 0.617. The molecule has 6 nitrogen and oxygen atoms in total. The van der Waals surface area contributed by atoms with Crippen LogP contribution < -0.4 is 15.8 Å². The van der Waals surface area contributed by atoms with E-state index < -0.39 is 0 Å². The summed E-state index contributed by atoms with van der Waals surface area (Å²) in [6, 6.07) is 8.92. The molecule has 2 rings (SSSR count). The van der Waals surface area contributed by atoms with E-state index in [1.807, 2.05) is 20.8 Å². The standard InChI is InChI=1S/C17H22N4O2S/c1-10(2)15(24-17-19-11(3)9-14(18)21-17)16(22)20-12-5-7-13(23-4)8-6-12/h5-10,15H,1-4H3,(H,20,22)(H2,18,19,21). The molecule has 1 unspecified atom stereocenters. The molecule has 1 aromatic heterocycles. The number of anilines is 2. The molecule has 128 valence electrons. The van der Waals surface area contributed by atoms with Crippen LogP contribution in [0.1, 0.15) is 19.5 Å². The average molecular weight is 346 g/mol. The summed E-state index contributed by atoms with van der Waals surface area (Å²) in [6.07, 6.45) is 0. The van der Waals surface area contributed by atoms with Gasteiger partial charge in [0.1, 0.15) is 11.6 Å². The zero-order valence-corrected chi connectivity index (χ0v) is 15.1. The van der Waals surface area contributed by atoms with E-state index in [0.717, 1.165) is 17.1 Å². The minimum atomic E-state index is -0.326. The smallest absolute Gasteiger partial charge is 0.238 e. The summed E-state index contributed by atoms with van der Waals surface area (Å²) >= 11 is 1.32. The number of hydrogen-bond donors (Lipinski definition) is 2. The van der Waals surface area contributed by atoms with E-state index in [1.54, 1.807) is 37.4 Å². The summed E-state index contributed by atoms with van der Waals surface area (Å²) in [7, 11) is 1.60. The Morgan fingerprint density at radius 3 is 2.46 bits per heavy atom. The number of amides is 1. The topological polar surface area (TPSA) is 90.1 Å². The molecule has 2 aromatic rings. The van der Waals surface area contributed by atoms with Crippen molar-refractivity contribution in [2.75, 3.05) is 18.2 Å². The van der Waals surface area contributed by atoms with E-state index in [0.29, 0.717) is 11.0 Å². The number of carbonyl (C=O) groups is 1. The van der Waals surface area contributed by atoms with Crippen LogP contribution in [-0.2, 0) is 4.79 Å². The lowest BCUT2D eigenvalue weighted by atomic mass is 10.1. The Balaban J connectivity index is 2.12. The Morgan fingerprint density at radius 2 is 1.92 bits per heavy atom. The first kappa shape index (κ1) is 18.1. The van der Waals surface area contributed by atoms with Crippen LogP contribution in [0.4, 0.5) is 11.5 Å². The number of nitrogens with zero attached hydrogens (tertiary/aromatic N) is 2. The van der Waals surface area contributed by atoms with Crippen molar-refractivity contribution in [3.8, 4) is 5.75 Å².